The molecule has 0 bridgehead atoms. The predicted octanol–water partition coefficient (Wildman–Crippen LogP) is 4.19. The lowest BCUT2D eigenvalue weighted by Crippen LogP contribution is -2.34. The number of nitrogens with zero attached hydrogens (tertiary/aromatic N) is 1. The fraction of sp³-hybridized carbons (Fsp3) is 0.583. The quantitative estimate of drug-likeness (QED) is 0.741. The maximum atomic E-state index is 12.2. The van der Waals surface area contributed by atoms with E-state index in [0.29, 0.717) is 0 Å². The van der Waals surface area contributed by atoms with Gasteiger partial charge in [0.2, 0.25) is 5.91 Å². The van der Waals surface area contributed by atoms with Crippen molar-refractivity contribution in [1.29, 1.82) is 0 Å². The van der Waals surface area contributed by atoms with Crippen LogP contribution in [-0.4, -0.2) is 23.9 Å². The lowest BCUT2D eigenvalue weighted by Gasteiger charge is -2.22. The molecule has 1 atom stereocenters. The maximum Gasteiger partial charge on any atom is 0.246 e. The molecule has 0 spiro atoms. The van der Waals surface area contributed by atoms with Gasteiger partial charge in [-0.2, -0.15) is 0 Å². The van der Waals surface area contributed by atoms with E-state index in [1.807, 2.05) is 17.0 Å². The smallest absolute Gasteiger partial charge is 0.246 e. The van der Waals surface area contributed by atoms with Crippen molar-refractivity contribution in [1.82, 2.24) is 4.90 Å². The van der Waals surface area contributed by atoms with Gasteiger partial charge in [0.15, 0.2) is 0 Å². The average Bonchev–Trinajstić information content (AvgIpc) is 2.60. The third kappa shape index (κ3) is 3.46. The van der Waals surface area contributed by atoms with Gasteiger partial charge in [-0.15, -0.1) is 22.9 Å². The van der Waals surface area contributed by atoms with Crippen LogP contribution < -0.4 is 0 Å². The highest BCUT2D eigenvalue weighted by Gasteiger charge is 2.25. The van der Waals surface area contributed by atoms with Gasteiger partial charge in [-0.1, -0.05) is 12.8 Å². The van der Waals surface area contributed by atoms with Crippen LogP contribution in [0, 0.1) is 0 Å². The van der Waals surface area contributed by atoms with Crippen LogP contribution in [0.15, 0.2) is 15.9 Å². The monoisotopic (exact) mass is 335 g/mol. The summed E-state index contributed by atoms with van der Waals surface area (Å²) in [5, 5.41) is -0.524. The largest absolute Gasteiger partial charge is 0.341 e. The van der Waals surface area contributed by atoms with Gasteiger partial charge >= 0.3 is 0 Å². The summed E-state index contributed by atoms with van der Waals surface area (Å²) in [5.74, 6) is 0.0583. The molecule has 2 nitrogen and oxygen atoms in total. The fourth-order valence-electron chi connectivity index (χ4n) is 2.04. The van der Waals surface area contributed by atoms with Crippen molar-refractivity contribution in [3.63, 3.8) is 0 Å². The van der Waals surface area contributed by atoms with Crippen LogP contribution in [0.4, 0.5) is 0 Å². The number of alkyl halides is 1. The number of hydrogen-bond donors (Lipinski definition) is 0. The summed E-state index contributed by atoms with van der Waals surface area (Å²) < 4.78 is 1.02. The molecule has 1 aliphatic rings. The number of amides is 1. The number of carbonyl (C=O) groups excluding carboxylic acids is 1. The molecular weight excluding hydrogens is 322 g/mol. The first-order chi connectivity index (χ1) is 8.18. The van der Waals surface area contributed by atoms with Crippen molar-refractivity contribution in [3.8, 4) is 0 Å². The normalized spacial score (nSPS) is 18.8. The van der Waals surface area contributed by atoms with Gasteiger partial charge in [0, 0.05) is 18.0 Å². The van der Waals surface area contributed by atoms with E-state index < -0.39 is 5.38 Å². The van der Waals surface area contributed by atoms with E-state index in [9.17, 15) is 4.79 Å². The number of rotatable bonds is 2. The molecule has 17 heavy (non-hydrogen) atoms. The Labute approximate surface area is 119 Å². The second-order valence-electron chi connectivity index (χ2n) is 4.24. The standard InChI is InChI=1S/C12H15BrClNOS/c13-10-6-5-9(17-10)11(14)12(16)15-7-3-1-2-4-8-15/h5-6,11H,1-4,7-8H2. The molecule has 0 saturated carbocycles. The van der Waals surface area contributed by atoms with Gasteiger partial charge < -0.3 is 4.90 Å². The minimum atomic E-state index is -0.524. The molecule has 1 amide bonds. The molecule has 1 aliphatic heterocycles. The van der Waals surface area contributed by atoms with Crippen LogP contribution in [-0.2, 0) is 4.79 Å². The highest BCUT2D eigenvalue weighted by molar-refractivity contribution is 9.11. The third-order valence-electron chi connectivity index (χ3n) is 2.98. The zero-order valence-electron chi connectivity index (χ0n) is 9.49. The topological polar surface area (TPSA) is 20.3 Å². The minimum absolute atomic E-state index is 0.0583. The third-order valence-corrected chi connectivity index (χ3v) is 5.22. The molecule has 1 aromatic heterocycles. The molecule has 1 aromatic rings. The van der Waals surface area contributed by atoms with Crippen LogP contribution >= 0.6 is 38.9 Å². The lowest BCUT2D eigenvalue weighted by atomic mass is 10.2. The van der Waals surface area contributed by atoms with Crippen LogP contribution in [0.1, 0.15) is 35.9 Å². The van der Waals surface area contributed by atoms with Gasteiger partial charge in [-0.25, -0.2) is 0 Å². The Morgan fingerprint density at radius 1 is 1.29 bits per heavy atom. The Hall–Kier alpha value is -0.0600. The number of carbonyl (C=O) groups is 1. The molecule has 0 aliphatic carbocycles. The molecule has 2 heterocycles. The Kier molecular flexibility index (Phi) is 4.88. The molecule has 0 radical (unpaired) electrons. The van der Waals surface area contributed by atoms with Crippen molar-refractivity contribution >= 4 is 44.8 Å². The van der Waals surface area contributed by atoms with E-state index in [1.165, 1.54) is 24.2 Å². The van der Waals surface area contributed by atoms with Crippen molar-refractivity contribution in [2.75, 3.05) is 13.1 Å². The van der Waals surface area contributed by atoms with Gasteiger partial charge in [0.05, 0.1) is 3.79 Å². The van der Waals surface area contributed by atoms with Crippen LogP contribution in [0.25, 0.3) is 0 Å². The molecule has 94 valence electrons. The summed E-state index contributed by atoms with van der Waals surface area (Å²) in [7, 11) is 0. The number of thiophene rings is 1. The summed E-state index contributed by atoms with van der Waals surface area (Å²) in [4.78, 5) is 15.1. The minimum Gasteiger partial charge on any atom is -0.341 e. The number of halogens is 2. The van der Waals surface area contributed by atoms with E-state index in [1.54, 1.807) is 0 Å². The highest BCUT2D eigenvalue weighted by atomic mass is 79.9. The SMILES string of the molecule is O=C(C(Cl)c1ccc(Br)s1)N1CCCCCC1. The number of likely N-dealkylation sites (tertiary alicyclic amines) is 1. The van der Waals surface area contributed by atoms with Gasteiger partial charge in [0.1, 0.15) is 5.38 Å². The van der Waals surface area contributed by atoms with Gasteiger partial charge in [-0.05, 0) is 40.9 Å². The number of hydrogen-bond acceptors (Lipinski definition) is 2. The van der Waals surface area contributed by atoms with Crippen molar-refractivity contribution in [2.45, 2.75) is 31.1 Å². The van der Waals surface area contributed by atoms with Crippen LogP contribution in [0.5, 0.6) is 0 Å². The highest BCUT2D eigenvalue weighted by Crippen LogP contribution is 2.32. The van der Waals surface area contributed by atoms with Gasteiger partial charge in [-0.3, -0.25) is 4.79 Å². The Bertz CT molecular complexity index is 388. The molecule has 0 N–H and O–H groups in total. The van der Waals surface area contributed by atoms with E-state index in [4.69, 9.17) is 11.6 Å². The Balaban J connectivity index is 2.03. The predicted molar refractivity (Wildman–Crippen MR) is 75.7 cm³/mol. The molecule has 1 fully saturated rings. The molecular formula is C12H15BrClNOS. The van der Waals surface area contributed by atoms with Crippen molar-refractivity contribution in [2.24, 2.45) is 0 Å². The summed E-state index contributed by atoms with van der Waals surface area (Å²) in [6, 6.07) is 3.85. The van der Waals surface area contributed by atoms with E-state index in [0.717, 1.165) is 34.6 Å². The Morgan fingerprint density at radius 3 is 2.47 bits per heavy atom. The van der Waals surface area contributed by atoms with E-state index >= 15 is 0 Å². The first-order valence-electron chi connectivity index (χ1n) is 5.86. The zero-order valence-corrected chi connectivity index (χ0v) is 12.7. The van der Waals surface area contributed by atoms with Crippen molar-refractivity contribution < 1.29 is 4.79 Å². The first-order valence-corrected chi connectivity index (χ1v) is 7.91. The zero-order chi connectivity index (χ0) is 12.3. The van der Waals surface area contributed by atoms with Crippen molar-refractivity contribution in [3.05, 3.63) is 20.8 Å². The maximum absolute atomic E-state index is 12.2. The second-order valence-corrected chi connectivity index (χ2v) is 7.17. The molecule has 2 rings (SSSR count). The fourth-order valence-corrected chi connectivity index (χ4v) is 3.78. The first kappa shape index (κ1) is 13.4. The average molecular weight is 337 g/mol. The van der Waals surface area contributed by atoms with E-state index in [-0.39, 0.29) is 5.91 Å². The molecule has 1 unspecified atom stereocenters. The summed E-state index contributed by atoms with van der Waals surface area (Å²) in [5.41, 5.74) is 0. The second kappa shape index (κ2) is 6.21. The summed E-state index contributed by atoms with van der Waals surface area (Å²) in [6.07, 6.45) is 4.65. The summed E-state index contributed by atoms with van der Waals surface area (Å²) >= 11 is 11.2. The molecule has 5 heteroatoms. The molecule has 0 aromatic carbocycles. The summed E-state index contributed by atoms with van der Waals surface area (Å²) in [6.45, 7) is 1.71. The lowest BCUT2D eigenvalue weighted by molar-refractivity contribution is -0.130. The van der Waals surface area contributed by atoms with E-state index in [2.05, 4.69) is 15.9 Å². The Morgan fingerprint density at radius 2 is 1.94 bits per heavy atom. The van der Waals surface area contributed by atoms with Crippen LogP contribution in [0.2, 0.25) is 0 Å². The molecule has 1 saturated heterocycles. The van der Waals surface area contributed by atoms with Crippen LogP contribution in [0.3, 0.4) is 0 Å². The van der Waals surface area contributed by atoms with Gasteiger partial charge in [0.25, 0.3) is 0 Å².